The first kappa shape index (κ1) is 24.4. The molecule has 1 saturated heterocycles. The Kier molecular flexibility index (Phi) is 6.51. The van der Waals surface area contributed by atoms with E-state index in [1.165, 1.54) is 0 Å². The number of amides is 1. The van der Waals surface area contributed by atoms with Crippen LogP contribution in [0.3, 0.4) is 0 Å². The number of carbonyl (C=O) groups is 1. The standard InChI is InChI=1S/C27H37N7O2/c1-6-22-21-15-24-29-25(33-12-10-19(28)16-33)18(3)26(34(24)30-21)31(4)11-7-13-36-23-9-8-17(2)14-20(23)27(35)32(22)5/h8-9,14-15,19,22H,6-7,10-13,16,28H2,1-5H3. The molecule has 3 aromatic rings. The van der Waals surface area contributed by atoms with Crippen molar-refractivity contribution in [1.82, 2.24) is 19.5 Å². The summed E-state index contributed by atoms with van der Waals surface area (Å²) in [7, 11) is 3.94. The van der Waals surface area contributed by atoms with Crippen LogP contribution in [0.15, 0.2) is 24.3 Å². The van der Waals surface area contributed by atoms with Gasteiger partial charge in [0.2, 0.25) is 0 Å². The molecule has 2 bridgehead atoms. The van der Waals surface area contributed by atoms with Gasteiger partial charge in [-0.05, 0) is 45.2 Å². The summed E-state index contributed by atoms with van der Waals surface area (Å²) in [4.78, 5) is 25.0. The molecule has 36 heavy (non-hydrogen) atoms. The van der Waals surface area contributed by atoms with Crippen molar-refractivity contribution in [3.05, 3.63) is 46.6 Å². The lowest BCUT2D eigenvalue weighted by molar-refractivity contribution is 0.0718. The van der Waals surface area contributed by atoms with Crippen LogP contribution in [0.1, 0.15) is 59.4 Å². The Labute approximate surface area is 212 Å². The summed E-state index contributed by atoms with van der Waals surface area (Å²) < 4.78 is 8.09. The van der Waals surface area contributed by atoms with E-state index in [4.69, 9.17) is 20.6 Å². The number of nitrogens with two attached hydrogens (primary N) is 1. The molecule has 2 aromatic heterocycles. The second-order valence-corrected chi connectivity index (χ2v) is 10.2. The quantitative estimate of drug-likeness (QED) is 0.588. The van der Waals surface area contributed by atoms with Crippen molar-refractivity contribution in [2.75, 3.05) is 50.1 Å². The van der Waals surface area contributed by atoms with Crippen molar-refractivity contribution >= 4 is 23.2 Å². The molecule has 1 aromatic carbocycles. The summed E-state index contributed by atoms with van der Waals surface area (Å²) in [6.45, 7) is 9.18. The fourth-order valence-electron chi connectivity index (χ4n) is 5.51. The molecule has 192 valence electrons. The highest BCUT2D eigenvalue weighted by molar-refractivity contribution is 5.97. The number of hydrogen-bond acceptors (Lipinski definition) is 7. The molecule has 2 N–H and O–H groups in total. The zero-order valence-corrected chi connectivity index (χ0v) is 22.0. The van der Waals surface area contributed by atoms with Gasteiger partial charge in [0.15, 0.2) is 5.65 Å². The molecule has 2 aliphatic rings. The summed E-state index contributed by atoms with van der Waals surface area (Å²) in [6, 6.07) is 7.81. The van der Waals surface area contributed by atoms with E-state index in [1.54, 1.807) is 4.90 Å². The van der Waals surface area contributed by atoms with Crippen LogP contribution in [-0.4, -0.2) is 71.8 Å². The predicted molar refractivity (Wildman–Crippen MR) is 142 cm³/mol. The molecule has 1 fully saturated rings. The van der Waals surface area contributed by atoms with E-state index in [0.29, 0.717) is 17.9 Å². The van der Waals surface area contributed by atoms with Gasteiger partial charge in [-0.1, -0.05) is 18.6 Å². The van der Waals surface area contributed by atoms with Crippen molar-refractivity contribution in [2.45, 2.75) is 52.1 Å². The minimum absolute atomic E-state index is 0.0668. The smallest absolute Gasteiger partial charge is 0.257 e. The molecule has 2 aliphatic heterocycles. The van der Waals surface area contributed by atoms with Gasteiger partial charge in [-0.3, -0.25) is 4.79 Å². The van der Waals surface area contributed by atoms with Crippen LogP contribution in [0.2, 0.25) is 0 Å². The predicted octanol–water partition coefficient (Wildman–Crippen LogP) is 3.33. The highest BCUT2D eigenvalue weighted by Gasteiger charge is 2.29. The summed E-state index contributed by atoms with van der Waals surface area (Å²) in [5.41, 5.74) is 10.5. The molecule has 0 radical (unpaired) electrons. The van der Waals surface area contributed by atoms with Crippen LogP contribution in [0, 0.1) is 13.8 Å². The molecular formula is C27H37N7O2. The van der Waals surface area contributed by atoms with Crippen LogP contribution in [-0.2, 0) is 0 Å². The van der Waals surface area contributed by atoms with Gasteiger partial charge in [-0.15, -0.1) is 0 Å². The number of aryl methyl sites for hydroxylation is 1. The van der Waals surface area contributed by atoms with E-state index >= 15 is 0 Å². The molecule has 0 spiro atoms. The Hall–Kier alpha value is -3.33. The van der Waals surface area contributed by atoms with Gasteiger partial charge >= 0.3 is 0 Å². The molecule has 1 amide bonds. The minimum atomic E-state index is -0.197. The van der Waals surface area contributed by atoms with Gasteiger partial charge in [-0.2, -0.15) is 9.61 Å². The highest BCUT2D eigenvalue weighted by atomic mass is 16.5. The maximum Gasteiger partial charge on any atom is 0.257 e. The number of hydrogen-bond donors (Lipinski definition) is 1. The third-order valence-electron chi connectivity index (χ3n) is 7.46. The maximum atomic E-state index is 13.7. The lowest BCUT2D eigenvalue weighted by Crippen LogP contribution is -2.32. The molecular weight excluding hydrogens is 454 g/mol. The number of anilines is 2. The topological polar surface area (TPSA) is 92.2 Å². The Morgan fingerprint density at radius 1 is 1.17 bits per heavy atom. The van der Waals surface area contributed by atoms with Gasteiger partial charge < -0.3 is 25.2 Å². The molecule has 0 aliphatic carbocycles. The van der Waals surface area contributed by atoms with E-state index in [1.807, 2.05) is 42.8 Å². The average molecular weight is 492 g/mol. The lowest BCUT2D eigenvalue weighted by atomic mass is 10.1. The van der Waals surface area contributed by atoms with E-state index < -0.39 is 0 Å². The summed E-state index contributed by atoms with van der Waals surface area (Å²) in [6.07, 6.45) is 2.49. The summed E-state index contributed by atoms with van der Waals surface area (Å²) in [5.74, 6) is 2.54. The van der Waals surface area contributed by atoms with Gasteiger partial charge in [0.25, 0.3) is 5.91 Å². The van der Waals surface area contributed by atoms with E-state index in [9.17, 15) is 4.79 Å². The number of nitrogens with zero attached hydrogens (tertiary/aromatic N) is 6. The lowest BCUT2D eigenvalue weighted by Gasteiger charge is -2.28. The van der Waals surface area contributed by atoms with Gasteiger partial charge in [0.1, 0.15) is 17.4 Å². The zero-order chi connectivity index (χ0) is 25.6. The van der Waals surface area contributed by atoms with Crippen molar-refractivity contribution in [3.63, 3.8) is 0 Å². The van der Waals surface area contributed by atoms with Crippen LogP contribution in [0.25, 0.3) is 5.65 Å². The van der Waals surface area contributed by atoms with Gasteiger partial charge in [-0.25, -0.2) is 4.98 Å². The SMILES string of the molecule is CCC1c2cc3nc(N4CCC(N)C4)c(C)c(n3n2)N(C)CCCOc2ccc(C)cc2C(=O)N1C. The highest BCUT2D eigenvalue weighted by Crippen LogP contribution is 2.34. The average Bonchev–Trinajstić information content (AvgIpc) is 3.47. The Bertz CT molecular complexity index is 1290. The van der Waals surface area contributed by atoms with Crippen molar-refractivity contribution in [3.8, 4) is 5.75 Å². The first-order chi connectivity index (χ1) is 17.3. The number of rotatable bonds is 2. The first-order valence-corrected chi connectivity index (χ1v) is 12.9. The van der Waals surface area contributed by atoms with Crippen molar-refractivity contribution in [2.24, 2.45) is 5.73 Å². The van der Waals surface area contributed by atoms with Crippen molar-refractivity contribution in [1.29, 1.82) is 0 Å². The number of ether oxygens (including phenoxy) is 1. The second kappa shape index (κ2) is 9.61. The van der Waals surface area contributed by atoms with Crippen LogP contribution in [0.5, 0.6) is 5.75 Å². The fraction of sp³-hybridized carbons (Fsp3) is 0.519. The zero-order valence-electron chi connectivity index (χ0n) is 22.0. The van der Waals surface area contributed by atoms with Gasteiger partial charge in [0, 0.05) is 51.4 Å². The molecule has 0 saturated carbocycles. The molecule has 2 unspecified atom stereocenters. The Balaban J connectivity index is 1.65. The Morgan fingerprint density at radius 3 is 2.69 bits per heavy atom. The third kappa shape index (κ3) is 4.25. The van der Waals surface area contributed by atoms with E-state index in [2.05, 4.69) is 30.7 Å². The Morgan fingerprint density at radius 2 is 1.97 bits per heavy atom. The van der Waals surface area contributed by atoms with Gasteiger partial charge in [0.05, 0.1) is 23.9 Å². The number of benzene rings is 1. The van der Waals surface area contributed by atoms with Crippen LogP contribution < -0.4 is 20.3 Å². The largest absolute Gasteiger partial charge is 0.493 e. The van der Waals surface area contributed by atoms with Crippen LogP contribution in [0.4, 0.5) is 11.6 Å². The summed E-state index contributed by atoms with van der Waals surface area (Å²) >= 11 is 0. The fourth-order valence-corrected chi connectivity index (χ4v) is 5.51. The van der Waals surface area contributed by atoms with E-state index in [0.717, 1.165) is 73.0 Å². The second-order valence-electron chi connectivity index (χ2n) is 10.2. The van der Waals surface area contributed by atoms with E-state index in [-0.39, 0.29) is 18.0 Å². The molecule has 4 heterocycles. The number of carbonyl (C=O) groups excluding carboxylic acids is 1. The molecule has 2 atom stereocenters. The first-order valence-electron chi connectivity index (χ1n) is 12.9. The molecule has 9 nitrogen and oxygen atoms in total. The minimum Gasteiger partial charge on any atom is -0.493 e. The normalized spacial score (nSPS) is 21.2. The number of aromatic nitrogens is 3. The van der Waals surface area contributed by atoms with Crippen LogP contribution >= 0.6 is 0 Å². The number of fused-ring (bicyclic) bond motifs is 2. The maximum absolute atomic E-state index is 13.7. The molecule has 5 rings (SSSR count). The summed E-state index contributed by atoms with van der Waals surface area (Å²) in [5, 5.41) is 5.03. The van der Waals surface area contributed by atoms with Crippen molar-refractivity contribution < 1.29 is 9.53 Å². The third-order valence-corrected chi connectivity index (χ3v) is 7.46. The monoisotopic (exact) mass is 491 g/mol. The molecule has 9 heteroatoms.